The Morgan fingerprint density at radius 1 is 1.22 bits per heavy atom. The molecule has 0 saturated heterocycles. The second-order valence-electron chi connectivity index (χ2n) is 5.99. The number of nitrogens with zero attached hydrogens (tertiary/aromatic N) is 1. The first-order valence-electron chi connectivity index (χ1n) is 7.46. The van der Waals surface area contributed by atoms with E-state index < -0.39 is 11.4 Å². The minimum Gasteiger partial charge on any atom is -0.481 e. The molecule has 1 fully saturated rings. The third-order valence-corrected chi connectivity index (χ3v) is 4.67. The Morgan fingerprint density at radius 2 is 1.78 bits per heavy atom. The monoisotopic (exact) mass is 255 g/mol. The fourth-order valence-electron chi connectivity index (χ4n) is 3.24. The van der Waals surface area contributed by atoms with Crippen LogP contribution in [0.3, 0.4) is 0 Å². The molecule has 1 rings (SSSR count). The van der Waals surface area contributed by atoms with Gasteiger partial charge in [0, 0.05) is 13.1 Å². The van der Waals surface area contributed by atoms with E-state index in [2.05, 4.69) is 11.9 Å². The summed E-state index contributed by atoms with van der Waals surface area (Å²) in [6.45, 7) is 5.74. The molecule has 3 heteroatoms. The van der Waals surface area contributed by atoms with E-state index in [1.54, 1.807) is 0 Å². The molecule has 106 valence electrons. The van der Waals surface area contributed by atoms with E-state index in [1.165, 1.54) is 32.1 Å². The number of rotatable bonds is 7. The summed E-state index contributed by atoms with van der Waals surface area (Å²) in [5, 5.41) is 9.45. The van der Waals surface area contributed by atoms with Crippen molar-refractivity contribution in [2.75, 3.05) is 20.1 Å². The Balaban J connectivity index is 2.50. The number of carboxylic acids is 1. The largest absolute Gasteiger partial charge is 0.481 e. The van der Waals surface area contributed by atoms with Gasteiger partial charge in [-0.25, -0.2) is 0 Å². The summed E-state index contributed by atoms with van der Waals surface area (Å²) in [6.07, 6.45) is 8.16. The Morgan fingerprint density at radius 3 is 2.22 bits per heavy atom. The van der Waals surface area contributed by atoms with Crippen LogP contribution in [-0.2, 0) is 4.79 Å². The van der Waals surface area contributed by atoms with Gasteiger partial charge in [0.1, 0.15) is 0 Å². The van der Waals surface area contributed by atoms with E-state index >= 15 is 0 Å². The van der Waals surface area contributed by atoms with Gasteiger partial charge in [-0.3, -0.25) is 4.79 Å². The summed E-state index contributed by atoms with van der Waals surface area (Å²) >= 11 is 0. The lowest BCUT2D eigenvalue weighted by molar-refractivity contribution is -0.150. The van der Waals surface area contributed by atoms with Crippen molar-refractivity contribution in [3.05, 3.63) is 0 Å². The molecule has 18 heavy (non-hydrogen) atoms. The molecular weight excluding hydrogens is 226 g/mol. The highest BCUT2D eigenvalue weighted by Gasteiger charge is 2.36. The standard InChI is InChI=1S/C15H29NO2/c1-4-15(5-2,14(17)18)12-16(3)11-13-9-7-6-8-10-13/h13H,4-12H2,1-3H3,(H,17,18). The van der Waals surface area contributed by atoms with Crippen molar-refractivity contribution in [3.8, 4) is 0 Å². The third-order valence-electron chi connectivity index (χ3n) is 4.67. The van der Waals surface area contributed by atoms with Gasteiger partial charge in [-0.05, 0) is 38.6 Å². The number of carbonyl (C=O) groups is 1. The van der Waals surface area contributed by atoms with Gasteiger partial charge < -0.3 is 10.0 Å². The summed E-state index contributed by atoms with van der Waals surface area (Å²) in [4.78, 5) is 13.7. The van der Waals surface area contributed by atoms with Gasteiger partial charge in [-0.2, -0.15) is 0 Å². The highest BCUT2D eigenvalue weighted by atomic mass is 16.4. The SMILES string of the molecule is CCC(CC)(CN(C)CC1CCCCC1)C(=O)O. The zero-order valence-electron chi connectivity index (χ0n) is 12.2. The second-order valence-corrected chi connectivity index (χ2v) is 5.99. The lowest BCUT2D eigenvalue weighted by Gasteiger charge is -2.34. The van der Waals surface area contributed by atoms with E-state index in [9.17, 15) is 9.90 Å². The summed E-state index contributed by atoms with van der Waals surface area (Å²) in [7, 11) is 2.08. The molecule has 1 N–H and O–H groups in total. The van der Waals surface area contributed by atoms with Gasteiger partial charge in [-0.15, -0.1) is 0 Å². The quantitative estimate of drug-likeness (QED) is 0.758. The van der Waals surface area contributed by atoms with E-state index in [-0.39, 0.29) is 0 Å². The second kappa shape index (κ2) is 7.13. The van der Waals surface area contributed by atoms with Crippen molar-refractivity contribution in [2.45, 2.75) is 58.8 Å². The predicted octanol–water partition coefficient (Wildman–Crippen LogP) is 3.39. The number of carboxylic acid groups (broad SMARTS) is 1. The van der Waals surface area contributed by atoms with Crippen molar-refractivity contribution in [3.63, 3.8) is 0 Å². The Bertz CT molecular complexity index is 255. The van der Waals surface area contributed by atoms with E-state index in [4.69, 9.17) is 0 Å². The third kappa shape index (κ3) is 3.98. The Hall–Kier alpha value is -0.570. The van der Waals surface area contributed by atoms with Crippen LogP contribution in [0, 0.1) is 11.3 Å². The molecule has 3 nitrogen and oxygen atoms in total. The molecule has 1 aliphatic rings. The van der Waals surface area contributed by atoms with Crippen molar-refractivity contribution in [1.82, 2.24) is 4.90 Å². The molecule has 0 aromatic rings. The summed E-state index contributed by atoms with van der Waals surface area (Å²) < 4.78 is 0. The molecule has 0 aromatic carbocycles. The van der Waals surface area contributed by atoms with Crippen LogP contribution in [-0.4, -0.2) is 36.1 Å². The van der Waals surface area contributed by atoms with Gasteiger partial charge in [-0.1, -0.05) is 33.1 Å². The molecule has 0 radical (unpaired) electrons. The fourth-order valence-corrected chi connectivity index (χ4v) is 3.24. The number of hydrogen-bond acceptors (Lipinski definition) is 2. The van der Waals surface area contributed by atoms with Crippen LogP contribution >= 0.6 is 0 Å². The zero-order valence-corrected chi connectivity index (χ0v) is 12.2. The molecule has 0 aromatic heterocycles. The highest BCUT2D eigenvalue weighted by molar-refractivity contribution is 5.74. The average Bonchev–Trinajstić information content (AvgIpc) is 2.37. The van der Waals surface area contributed by atoms with Crippen LogP contribution in [0.15, 0.2) is 0 Å². The van der Waals surface area contributed by atoms with Gasteiger partial charge in [0.25, 0.3) is 0 Å². The molecule has 0 bridgehead atoms. The maximum Gasteiger partial charge on any atom is 0.310 e. The topological polar surface area (TPSA) is 40.5 Å². The van der Waals surface area contributed by atoms with Crippen molar-refractivity contribution >= 4 is 5.97 Å². The van der Waals surface area contributed by atoms with Crippen LogP contribution in [0.25, 0.3) is 0 Å². The van der Waals surface area contributed by atoms with E-state index in [0.29, 0.717) is 19.4 Å². The number of hydrogen-bond donors (Lipinski definition) is 1. The molecular formula is C15H29NO2. The maximum absolute atomic E-state index is 11.5. The summed E-state index contributed by atoms with van der Waals surface area (Å²) in [5.74, 6) is 0.145. The number of aliphatic carboxylic acids is 1. The van der Waals surface area contributed by atoms with Gasteiger partial charge in [0.15, 0.2) is 0 Å². The molecule has 0 unspecified atom stereocenters. The van der Waals surface area contributed by atoms with Crippen molar-refractivity contribution < 1.29 is 9.90 Å². The van der Waals surface area contributed by atoms with Gasteiger partial charge >= 0.3 is 5.97 Å². The lowest BCUT2D eigenvalue weighted by Crippen LogP contribution is -2.42. The molecule has 0 amide bonds. The van der Waals surface area contributed by atoms with Crippen LogP contribution < -0.4 is 0 Å². The molecule has 1 saturated carbocycles. The van der Waals surface area contributed by atoms with Gasteiger partial charge in [0.05, 0.1) is 5.41 Å². The van der Waals surface area contributed by atoms with Gasteiger partial charge in [0.2, 0.25) is 0 Å². The molecule has 0 heterocycles. The fraction of sp³-hybridized carbons (Fsp3) is 0.933. The first kappa shape index (κ1) is 15.5. The van der Waals surface area contributed by atoms with Crippen LogP contribution in [0.4, 0.5) is 0 Å². The predicted molar refractivity (Wildman–Crippen MR) is 74.7 cm³/mol. The minimum absolute atomic E-state index is 0.552. The zero-order chi connectivity index (χ0) is 13.6. The summed E-state index contributed by atoms with van der Waals surface area (Å²) in [6, 6.07) is 0. The minimum atomic E-state index is -0.636. The molecule has 0 aliphatic heterocycles. The Kier molecular flexibility index (Phi) is 6.13. The summed E-state index contributed by atoms with van der Waals surface area (Å²) in [5.41, 5.74) is -0.552. The van der Waals surface area contributed by atoms with Crippen molar-refractivity contribution in [2.24, 2.45) is 11.3 Å². The van der Waals surface area contributed by atoms with E-state index in [0.717, 1.165) is 12.5 Å². The van der Waals surface area contributed by atoms with E-state index in [1.807, 2.05) is 13.8 Å². The highest BCUT2D eigenvalue weighted by Crippen LogP contribution is 2.29. The smallest absolute Gasteiger partial charge is 0.310 e. The molecule has 0 spiro atoms. The first-order chi connectivity index (χ1) is 8.54. The molecule has 1 aliphatic carbocycles. The first-order valence-corrected chi connectivity index (χ1v) is 7.46. The normalized spacial score (nSPS) is 18.2. The van der Waals surface area contributed by atoms with Crippen LogP contribution in [0.1, 0.15) is 58.8 Å². The average molecular weight is 255 g/mol. The lowest BCUT2D eigenvalue weighted by atomic mass is 9.81. The van der Waals surface area contributed by atoms with Crippen LogP contribution in [0.5, 0.6) is 0 Å². The molecule has 0 atom stereocenters. The Labute approximate surface area is 112 Å². The van der Waals surface area contributed by atoms with Crippen molar-refractivity contribution in [1.29, 1.82) is 0 Å². The maximum atomic E-state index is 11.5. The van der Waals surface area contributed by atoms with Crippen LogP contribution in [0.2, 0.25) is 0 Å².